The zero-order valence-electron chi connectivity index (χ0n) is 14.8. The lowest BCUT2D eigenvalue weighted by Crippen LogP contribution is -2.26. The molecule has 0 unspecified atom stereocenters. The highest BCUT2D eigenvalue weighted by Gasteiger charge is 2.27. The van der Waals surface area contributed by atoms with Crippen LogP contribution in [-0.2, 0) is 21.4 Å². The first kappa shape index (κ1) is 20.3. The van der Waals surface area contributed by atoms with Crippen molar-refractivity contribution >= 4 is 44.0 Å². The van der Waals surface area contributed by atoms with Crippen LogP contribution in [0.3, 0.4) is 0 Å². The molecule has 0 aliphatic rings. The molecule has 10 nitrogen and oxygen atoms in total. The van der Waals surface area contributed by atoms with Gasteiger partial charge >= 0.3 is 0 Å². The van der Waals surface area contributed by atoms with Crippen LogP contribution in [0.4, 0.5) is 5.13 Å². The van der Waals surface area contributed by atoms with E-state index in [0.717, 1.165) is 15.6 Å². The van der Waals surface area contributed by atoms with Gasteiger partial charge in [0, 0.05) is 24.1 Å². The lowest BCUT2D eigenvalue weighted by molar-refractivity contribution is -0.115. The summed E-state index contributed by atoms with van der Waals surface area (Å²) < 4.78 is 31.2. The lowest BCUT2D eigenvalue weighted by Gasteiger charge is -2.11. The zero-order chi connectivity index (χ0) is 20.3. The highest BCUT2D eigenvalue weighted by molar-refractivity contribution is 7.91. The molecule has 28 heavy (non-hydrogen) atoms. The maximum Gasteiger partial charge on any atom is 0.272 e. The number of carbonyl (C=O) groups excluding carboxylic acids is 1. The maximum absolute atomic E-state index is 12.6. The third kappa shape index (κ3) is 4.52. The summed E-state index contributed by atoms with van der Waals surface area (Å²) in [5, 5.41) is 14.3. The number of benzene rings is 1. The first-order chi connectivity index (χ1) is 13.3. The van der Waals surface area contributed by atoms with E-state index in [1.807, 2.05) is 0 Å². The molecule has 2 aromatic heterocycles. The summed E-state index contributed by atoms with van der Waals surface area (Å²) >= 11 is 6.61. The van der Waals surface area contributed by atoms with Gasteiger partial charge in [-0.3, -0.25) is 4.79 Å². The van der Waals surface area contributed by atoms with Crippen molar-refractivity contribution in [3.05, 3.63) is 35.2 Å². The summed E-state index contributed by atoms with van der Waals surface area (Å²) in [7, 11) is -2.58. The smallest absolute Gasteiger partial charge is 0.272 e. The first-order valence-electron chi connectivity index (χ1n) is 7.98. The third-order valence-corrected chi connectivity index (χ3v) is 6.77. The zero-order valence-corrected chi connectivity index (χ0v) is 17.2. The molecular formula is C15H15ClN6O4S2. The molecule has 0 fully saturated rings. The van der Waals surface area contributed by atoms with E-state index in [1.54, 1.807) is 31.2 Å². The molecular weight excluding hydrogens is 428 g/mol. The van der Waals surface area contributed by atoms with Crippen molar-refractivity contribution in [2.45, 2.75) is 24.2 Å². The van der Waals surface area contributed by atoms with Crippen molar-refractivity contribution < 1.29 is 17.7 Å². The van der Waals surface area contributed by atoms with E-state index in [1.165, 1.54) is 7.05 Å². The van der Waals surface area contributed by atoms with E-state index < -0.39 is 10.0 Å². The summed E-state index contributed by atoms with van der Waals surface area (Å²) in [6.45, 7) is 1.52. The summed E-state index contributed by atoms with van der Waals surface area (Å²) in [5.74, 6) is 0.145. The predicted octanol–water partition coefficient (Wildman–Crippen LogP) is 2.41. The second-order valence-corrected chi connectivity index (χ2v) is 9.19. The van der Waals surface area contributed by atoms with Crippen LogP contribution in [-0.4, -0.2) is 46.0 Å². The standard InChI is InChI=1S/C15H15ClN6O4S2/c1-3-11(23)17-14-19-20-15(27-14)28(24,25)22(2)8-12-18-13(21-26-12)9-4-6-10(16)7-5-9/h4-7H,3,8H2,1-2H3,(H,17,19,23). The van der Waals surface area contributed by atoms with E-state index in [4.69, 9.17) is 16.1 Å². The number of hydrogen-bond donors (Lipinski definition) is 1. The summed E-state index contributed by atoms with van der Waals surface area (Å²) in [6, 6.07) is 6.83. The van der Waals surface area contributed by atoms with Crippen LogP contribution in [0.25, 0.3) is 11.4 Å². The van der Waals surface area contributed by atoms with E-state index in [-0.39, 0.29) is 34.2 Å². The minimum Gasteiger partial charge on any atom is -0.338 e. The minimum absolute atomic E-state index is 0.111. The van der Waals surface area contributed by atoms with Crippen molar-refractivity contribution in [1.29, 1.82) is 0 Å². The Morgan fingerprint density at radius 3 is 2.68 bits per heavy atom. The molecule has 1 aromatic carbocycles. The second kappa shape index (κ2) is 8.31. The monoisotopic (exact) mass is 442 g/mol. The van der Waals surface area contributed by atoms with Gasteiger partial charge in [0.1, 0.15) is 0 Å². The lowest BCUT2D eigenvalue weighted by atomic mass is 10.2. The Morgan fingerprint density at radius 2 is 2.00 bits per heavy atom. The second-order valence-electron chi connectivity index (χ2n) is 5.55. The van der Waals surface area contributed by atoms with Crippen LogP contribution in [0.2, 0.25) is 5.02 Å². The topological polar surface area (TPSA) is 131 Å². The normalized spacial score (nSPS) is 11.7. The van der Waals surface area contributed by atoms with Crippen molar-refractivity contribution in [2.24, 2.45) is 0 Å². The van der Waals surface area contributed by atoms with Gasteiger partial charge in [-0.2, -0.15) is 9.29 Å². The molecule has 0 aliphatic heterocycles. The highest BCUT2D eigenvalue weighted by Crippen LogP contribution is 2.24. The van der Waals surface area contributed by atoms with Gasteiger partial charge in [0.05, 0.1) is 6.54 Å². The Balaban J connectivity index is 1.72. The molecule has 0 saturated carbocycles. The average molecular weight is 443 g/mol. The fraction of sp³-hybridized carbons (Fsp3) is 0.267. The Morgan fingerprint density at radius 1 is 1.29 bits per heavy atom. The number of anilines is 1. The number of nitrogens with one attached hydrogen (secondary N) is 1. The van der Waals surface area contributed by atoms with Gasteiger partial charge < -0.3 is 9.84 Å². The number of nitrogens with zero attached hydrogens (tertiary/aromatic N) is 5. The van der Waals surface area contributed by atoms with E-state index >= 15 is 0 Å². The van der Waals surface area contributed by atoms with Crippen LogP contribution >= 0.6 is 22.9 Å². The SMILES string of the molecule is CCC(=O)Nc1nnc(S(=O)(=O)N(C)Cc2nc(-c3ccc(Cl)cc3)no2)s1. The van der Waals surface area contributed by atoms with Gasteiger partial charge in [0.25, 0.3) is 10.0 Å². The average Bonchev–Trinajstić information content (AvgIpc) is 3.32. The van der Waals surface area contributed by atoms with Crippen molar-refractivity contribution in [2.75, 3.05) is 12.4 Å². The number of carbonyl (C=O) groups is 1. The van der Waals surface area contributed by atoms with Crippen LogP contribution in [0.15, 0.2) is 33.1 Å². The summed E-state index contributed by atoms with van der Waals surface area (Å²) in [6.07, 6.45) is 0.245. The Hall–Kier alpha value is -2.41. The fourth-order valence-electron chi connectivity index (χ4n) is 2.02. The molecule has 3 aromatic rings. The van der Waals surface area contributed by atoms with Crippen molar-refractivity contribution in [1.82, 2.24) is 24.6 Å². The van der Waals surface area contributed by atoms with E-state index in [2.05, 4.69) is 25.7 Å². The molecule has 0 radical (unpaired) electrons. The number of amides is 1. The molecule has 148 valence electrons. The largest absolute Gasteiger partial charge is 0.338 e. The van der Waals surface area contributed by atoms with Crippen molar-refractivity contribution in [3.8, 4) is 11.4 Å². The van der Waals surface area contributed by atoms with Crippen LogP contribution < -0.4 is 5.32 Å². The maximum atomic E-state index is 12.6. The van der Waals surface area contributed by atoms with Crippen LogP contribution in [0.1, 0.15) is 19.2 Å². The van der Waals surface area contributed by atoms with Gasteiger partial charge in [0.15, 0.2) is 0 Å². The van der Waals surface area contributed by atoms with Gasteiger partial charge in [0.2, 0.25) is 27.1 Å². The molecule has 1 N–H and O–H groups in total. The summed E-state index contributed by atoms with van der Waals surface area (Å²) in [5.41, 5.74) is 0.686. The molecule has 0 saturated heterocycles. The molecule has 0 aliphatic carbocycles. The molecule has 0 spiro atoms. The van der Waals surface area contributed by atoms with E-state index in [9.17, 15) is 13.2 Å². The molecule has 3 rings (SSSR count). The van der Waals surface area contributed by atoms with Gasteiger partial charge in [-0.15, -0.1) is 10.2 Å². The minimum atomic E-state index is -3.94. The Kier molecular flexibility index (Phi) is 6.03. The number of sulfonamides is 1. The fourth-order valence-corrected chi connectivity index (χ4v) is 4.37. The highest BCUT2D eigenvalue weighted by atomic mass is 35.5. The number of halogens is 1. The van der Waals surface area contributed by atoms with Gasteiger partial charge in [-0.1, -0.05) is 35.0 Å². The summed E-state index contributed by atoms with van der Waals surface area (Å²) in [4.78, 5) is 15.6. The van der Waals surface area contributed by atoms with Gasteiger partial charge in [-0.25, -0.2) is 8.42 Å². The predicted molar refractivity (Wildman–Crippen MR) is 102 cm³/mol. The molecule has 1 amide bonds. The van der Waals surface area contributed by atoms with E-state index in [0.29, 0.717) is 16.4 Å². The quantitative estimate of drug-likeness (QED) is 0.552. The molecule has 0 atom stereocenters. The van der Waals surface area contributed by atoms with Gasteiger partial charge in [-0.05, 0) is 24.3 Å². The Labute approximate surface area is 169 Å². The molecule has 13 heteroatoms. The number of aromatic nitrogens is 4. The Bertz CT molecular complexity index is 1080. The third-order valence-electron chi connectivity index (χ3n) is 3.53. The van der Waals surface area contributed by atoms with Crippen LogP contribution in [0, 0.1) is 0 Å². The van der Waals surface area contributed by atoms with Crippen LogP contribution in [0.5, 0.6) is 0 Å². The molecule has 0 bridgehead atoms. The number of hydrogen-bond acceptors (Lipinski definition) is 9. The van der Waals surface area contributed by atoms with Crippen molar-refractivity contribution in [3.63, 3.8) is 0 Å². The number of rotatable bonds is 7. The molecule has 2 heterocycles. The first-order valence-corrected chi connectivity index (χ1v) is 10.6.